The molecular formula is C15H19NO3S. The lowest BCUT2D eigenvalue weighted by atomic mass is 10.0. The fraction of sp³-hybridized carbons (Fsp3) is 0.467. The smallest absolute Gasteiger partial charge is 0.326 e. The first-order valence-electron chi connectivity index (χ1n) is 6.82. The van der Waals surface area contributed by atoms with Crippen molar-refractivity contribution >= 4 is 23.6 Å². The number of likely N-dealkylation sites (tertiary alicyclic amines) is 1. The number of carbonyl (C=O) groups excluding carboxylic acids is 1. The Kier molecular flexibility index (Phi) is 5.47. The number of benzene rings is 1. The van der Waals surface area contributed by atoms with Gasteiger partial charge in [0.15, 0.2) is 0 Å². The van der Waals surface area contributed by atoms with E-state index in [1.54, 1.807) is 0 Å². The zero-order chi connectivity index (χ0) is 14.4. The molecule has 1 aliphatic rings. The van der Waals surface area contributed by atoms with Crippen LogP contribution < -0.4 is 0 Å². The van der Waals surface area contributed by atoms with Gasteiger partial charge in [0.25, 0.3) is 0 Å². The number of piperidine rings is 1. The van der Waals surface area contributed by atoms with Crippen molar-refractivity contribution in [3.05, 3.63) is 35.9 Å². The molecule has 1 aliphatic heterocycles. The minimum atomic E-state index is -0.883. The molecule has 1 heterocycles. The van der Waals surface area contributed by atoms with Crippen molar-refractivity contribution in [3.8, 4) is 0 Å². The van der Waals surface area contributed by atoms with E-state index in [0.29, 0.717) is 18.7 Å². The van der Waals surface area contributed by atoms with Gasteiger partial charge in [-0.2, -0.15) is 0 Å². The number of nitrogens with zero attached hydrogens (tertiary/aromatic N) is 1. The first-order valence-corrected chi connectivity index (χ1v) is 7.98. The number of carboxylic acid groups (broad SMARTS) is 1. The standard InChI is InChI=1S/C15H19NO3S/c17-14(11-20-10-12-6-2-1-3-7-12)16-9-5-4-8-13(16)15(18)19/h1-3,6-7,13H,4-5,8-11H2,(H,18,19)/t13-/m1/s1. The van der Waals surface area contributed by atoms with E-state index in [4.69, 9.17) is 5.11 Å². The van der Waals surface area contributed by atoms with E-state index in [-0.39, 0.29) is 5.91 Å². The van der Waals surface area contributed by atoms with Gasteiger partial charge in [-0.1, -0.05) is 30.3 Å². The Balaban J connectivity index is 1.83. The van der Waals surface area contributed by atoms with Gasteiger partial charge in [0.1, 0.15) is 6.04 Å². The summed E-state index contributed by atoms with van der Waals surface area (Å²) in [6, 6.07) is 9.33. The van der Waals surface area contributed by atoms with E-state index >= 15 is 0 Å². The summed E-state index contributed by atoms with van der Waals surface area (Å²) in [5, 5.41) is 9.16. The van der Waals surface area contributed by atoms with E-state index < -0.39 is 12.0 Å². The maximum atomic E-state index is 12.1. The summed E-state index contributed by atoms with van der Waals surface area (Å²) < 4.78 is 0. The van der Waals surface area contributed by atoms with Crippen LogP contribution in [0.5, 0.6) is 0 Å². The average Bonchev–Trinajstić information content (AvgIpc) is 2.48. The molecule has 0 aromatic heterocycles. The number of thioether (sulfide) groups is 1. The molecule has 20 heavy (non-hydrogen) atoms. The second-order valence-corrected chi connectivity index (χ2v) is 5.90. The lowest BCUT2D eigenvalue weighted by Crippen LogP contribution is -2.48. The van der Waals surface area contributed by atoms with Crippen LogP contribution in [0.3, 0.4) is 0 Å². The Morgan fingerprint density at radius 1 is 1.25 bits per heavy atom. The number of aliphatic carboxylic acids is 1. The Morgan fingerprint density at radius 2 is 2.00 bits per heavy atom. The van der Waals surface area contributed by atoms with Crippen LogP contribution in [-0.4, -0.2) is 40.2 Å². The predicted octanol–water partition coefficient (Wildman–Crippen LogP) is 2.39. The largest absolute Gasteiger partial charge is 0.480 e. The van der Waals surface area contributed by atoms with Crippen LogP contribution in [-0.2, 0) is 15.3 Å². The monoisotopic (exact) mass is 293 g/mol. The highest BCUT2D eigenvalue weighted by Gasteiger charge is 2.31. The second-order valence-electron chi connectivity index (χ2n) is 4.92. The van der Waals surface area contributed by atoms with E-state index in [9.17, 15) is 9.59 Å². The Morgan fingerprint density at radius 3 is 2.70 bits per heavy atom. The number of carboxylic acids is 1. The van der Waals surface area contributed by atoms with Crippen LogP contribution in [0.4, 0.5) is 0 Å². The van der Waals surface area contributed by atoms with Crippen molar-refractivity contribution in [1.82, 2.24) is 4.90 Å². The van der Waals surface area contributed by atoms with Gasteiger partial charge in [0.05, 0.1) is 5.75 Å². The summed E-state index contributed by atoms with van der Waals surface area (Å²) in [6.45, 7) is 0.571. The second kappa shape index (κ2) is 7.33. The van der Waals surface area contributed by atoms with E-state index in [1.807, 2.05) is 30.3 Å². The van der Waals surface area contributed by atoms with Crippen LogP contribution in [0.25, 0.3) is 0 Å². The van der Waals surface area contributed by atoms with Crippen LogP contribution in [0, 0.1) is 0 Å². The highest BCUT2D eigenvalue weighted by molar-refractivity contribution is 7.99. The minimum absolute atomic E-state index is 0.0574. The third-order valence-corrected chi connectivity index (χ3v) is 4.43. The molecule has 4 nitrogen and oxygen atoms in total. The highest BCUT2D eigenvalue weighted by Crippen LogP contribution is 2.19. The van der Waals surface area contributed by atoms with E-state index in [0.717, 1.165) is 18.6 Å². The first-order chi connectivity index (χ1) is 9.68. The Labute approximate surface area is 123 Å². The zero-order valence-electron chi connectivity index (χ0n) is 11.3. The normalized spacial score (nSPS) is 18.8. The third-order valence-electron chi connectivity index (χ3n) is 3.45. The zero-order valence-corrected chi connectivity index (χ0v) is 12.1. The number of hydrogen-bond donors (Lipinski definition) is 1. The van der Waals surface area contributed by atoms with Gasteiger partial charge in [-0.25, -0.2) is 4.79 Å². The summed E-state index contributed by atoms with van der Waals surface area (Å²) in [5.74, 6) is 0.181. The predicted molar refractivity (Wildman–Crippen MR) is 79.6 cm³/mol. The van der Waals surface area contributed by atoms with Gasteiger partial charge < -0.3 is 10.0 Å². The van der Waals surface area contributed by atoms with Crippen molar-refractivity contribution < 1.29 is 14.7 Å². The van der Waals surface area contributed by atoms with Crippen LogP contribution in [0.2, 0.25) is 0 Å². The molecule has 0 spiro atoms. The lowest BCUT2D eigenvalue weighted by molar-refractivity contribution is -0.150. The number of amides is 1. The van der Waals surface area contributed by atoms with Crippen LogP contribution in [0.15, 0.2) is 30.3 Å². The molecule has 108 valence electrons. The molecule has 1 aromatic carbocycles. The summed E-state index contributed by atoms with van der Waals surface area (Å²) in [4.78, 5) is 24.8. The van der Waals surface area contributed by atoms with Gasteiger partial charge in [-0.15, -0.1) is 11.8 Å². The van der Waals surface area contributed by atoms with Gasteiger partial charge in [-0.05, 0) is 24.8 Å². The number of hydrogen-bond acceptors (Lipinski definition) is 3. The molecule has 1 N–H and O–H groups in total. The molecule has 0 unspecified atom stereocenters. The summed E-state index contributed by atoms with van der Waals surface area (Å²) in [6.07, 6.45) is 2.36. The molecule has 0 aliphatic carbocycles. The van der Waals surface area contributed by atoms with Crippen molar-refractivity contribution in [2.45, 2.75) is 31.1 Å². The molecular weight excluding hydrogens is 274 g/mol. The fourth-order valence-electron chi connectivity index (χ4n) is 2.40. The van der Waals surface area contributed by atoms with Gasteiger partial charge >= 0.3 is 5.97 Å². The maximum Gasteiger partial charge on any atom is 0.326 e. The molecule has 0 saturated carbocycles. The van der Waals surface area contributed by atoms with E-state index in [1.165, 1.54) is 22.2 Å². The van der Waals surface area contributed by atoms with Gasteiger partial charge in [0.2, 0.25) is 5.91 Å². The van der Waals surface area contributed by atoms with Gasteiger partial charge in [0, 0.05) is 12.3 Å². The Bertz CT molecular complexity index is 463. The van der Waals surface area contributed by atoms with Gasteiger partial charge in [-0.3, -0.25) is 4.79 Å². The topological polar surface area (TPSA) is 57.6 Å². The summed E-state index contributed by atoms with van der Waals surface area (Å²) in [5.41, 5.74) is 1.18. The lowest BCUT2D eigenvalue weighted by Gasteiger charge is -2.32. The molecule has 1 amide bonds. The van der Waals surface area contributed by atoms with Crippen molar-refractivity contribution in [2.75, 3.05) is 12.3 Å². The molecule has 1 saturated heterocycles. The maximum absolute atomic E-state index is 12.1. The molecule has 0 bridgehead atoms. The molecule has 1 aromatic rings. The molecule has 1 fully saturated rings. The summed E-state index contributed by atoms with van der Waals surface area (Å²) in [7, 11) is 0. The first kappa shape index (κ1) is 14.9. The van der Waals surface area contributed by atoms with Crippen molar-refractivity contribution in [2.24, 2.45) is 0 Å². The molecule has 2 rings (SSSR count). The quantitative estimate of drug-likeness (QED) is 0.905. The number of carbonyl (C=O) groups is 2. The SMILES string of the molecule is O=C(O)[C@H]1CCCCN1C(=O)CSCc1ccccc1. The number of rotatable bonds is 5. The molecule has 1 atom stereocenters. The molecule has 5 heteroatoms. The summed E-state index contributed by atoms with van der Waals surface area (Å²) >= 11 is 1.54. The third kappa shape index (κ3) is 4.00. The van der Waals surface area contributed by atoms with E-state index in [2.05, 4.69) is 0 Å². The van der Waals surface area contributed by atoms with Crippen LogP contribution >= 0.6 is 11.8 Å². The van der Waals surface area contributed by atoms with Crippen LogP contribution in [0.1, 0.15) is 24.8 Å². The van der Waals surface area contributed by atoms with Crippen molar-refractivity contribution in [3.63, 3.8) is 0 Å². The highest BCUT2D eigenvalue weighted by atomic mass is 32.2. The fourth-order valence-corrected chi connectivity index (χ4v) is 3.27. The Hall–Kier alpha value is -1.49. The molecule has 0 radical (unpaired) electrons. The van der Waals surface area contributed by atoms with Crippen molar-refractivity contribution in [1.29, 1.82) is 0 Å². The average molecular weight is 293 g/mol. The minimum Gasteiger partial charge on any atom is -0.480 e.